The summed E-state index contributed by atoms with van der Waals surface area (Å²) in [7, 11) is 0. The Morgan fingerprint density at radius 3 is 2.68 bits per heavy atom. The third-order valence-electron chi connectivity index (χ3n) is 2.61. The number of halogens is 2. The number of ether oxygens (including phenoxy) is 1. The van der Waals surface area contributed by atoms with E-state index in [0.717, 1.165) is 5.56 Å². The standard InChI is InChI=1S/C14H12BrFN2O/c1-8-5-6-9(16)7-12(8)19-11-4-2-3-10(15)13(11)14(17)18/h2-7H,1H3,(H3,17,18). The van der Waals surface area contributed by atoms with Gasteiger partial charge in [-0.2, -0.15) is 0 Å². The lowest BCUT2D eigenvalue weighted by Gasteiger charge is -2.13. The van der Waals surface area contributed by atoms with Crippen LogP contribution in [0.5, 0.6) is 11.5 Å². The van der Waals surface area contributed by atoms with Crippen molar-refractivity contribution in [2.24, 2.45) is 5.73 Å². The van der Waals surface area contributed by atoms with E-state index in [2.05, 4.69) is 15.9 Å². The highest BCUT2D eigenvalue weighted by Gasteiger charge is 2.12. The van der Waals surface area contributed by atoms with Crippen LogP contribution >= 0.6 is 15.9 Å². The lowest BCUT2D eigenvalue weighted by molar-refractivity contribution is 0.471. The Bertz CT molecular complexity index is 643. The lowest BCUT2D eigenvalue weighted by Crippen LogP contribution is -2.13. The second kappa shape index (κ2) is 5.40. The highest BCUT2D eigenvalue weighted by Crippen LogP contribution is 2.32. The van der Waals surface area contributed by atoms with Crippen molar-refractivity contribution in [3.8, 4) is 11.5 Å². The molecule has 0 bridgehead atoms. The predicted octanol–water partition coefficient (Wildman–Crippen LogP) is 3.97. The number of hydrogen-bond acceptors (Lipinski definition) is 2. The summed E-state index contributed by atoms with van der Waals surface area (Å²) in [5.74, 6) is 0.327. The van der Waals surface area contributed by atoms with Gasteiger partial charge in [-0.15, -0.1) is 0 Å². The average Bonchev–Trinajstić information content (AvgIpc) is 2.33. The Labute approximate surface area is 118 Å². The van der Waals surface area contributed by atoms with E-state index in [1.165, 1.54) is 12.1 Å². The maximum Gasteiger partial charge on any atom is 0.139 e. The lowest BCUT2D eigenvalue weighted by atomic mass is 10.1. The van der Waals surface area contributed by atoms with Gasteiger partial charge in [0.1, 0.15) is 23.2 Å². The van der Waals surface area contributed by atoms with Crippen molar-refractivity contribution in [1.82, 2.24) is 0 Å². The second-order valence-electron chi connectivity index (χ2n) is 4.04. The molecule has 3 nitrogen and oxygen atoms in total. The fraction of sp³-hybridized carbons (Fsp3) is 0.0714. The first kappa shape index (κ1) is 13.5. The van der Waals surface area contributed by atoms with Crippen LogP contribution < -0.4 is 10.5 Å². The van der Waals surface area contributed by atoms with Gasteiger partial charge in [0.2, 0.25) is 0 Å². The van der Waals surface area contributed by atoms with Crippen LogP contribution in [0.25, 0.3) is 0 Å². The molecular weight excluding hydrogens is 311 g/mol. The van der Waals surface area contributed by atoms with Crippen LogP contribution in [0.15, 0.2) is 40.9 Å². The number of nitrogens with two attached hydrogens (primary N) is 1. The number of hydrogen-bond donors (Lipinski definition) is 2. The molecular formula is C14H12BrFN2O. The molecule has 5 heteroatoms. The fourth-order valence-electron chi connectivity index (χ4n) is 1.65. The first-order chi connectivity index (χ1) is 8.99. The highest BCUT2D eigenvalue weighted by molar-refractivity contribution is 9.10. The Balaban J connectivity index is 2.46. The van der Waals surface area contributed by atoms with E-state index in [0.29, 0.717) is 21.5 Å². The predicted molar refractivity (Wildman–Crippen MR) is 76.4 cm³/mol. The molecule has 0 aliphatic carbocycles. The van der Waals surface area contributed by atoms with Gasteiger partial charge in [0.15, 0.2) is 0 Å². The fourth-order valence-corrected chi connectivity index (χ4v) is 2.21. The van der Waals surface area contributed by atoms with Crippen LogP contribution in [0.1, 0.15) is 11.1 Å². The van der Waals surface area contributed by atoms with Crippen molar-refractivity contribution >= 4 is 21.8 Å². The minimum Gasteiger partial charge on any atom is -0.456 e. The summed E-state index contributed by atoms with van der Waals surface area (Å²) >= 11 is 3.32. The Hall–Kier alpha value is -1.88. The molecule has 0 aliphatic rings. The van der Waals surface area contributed by atoms with Crippen molar-refractivity contribution in [3.63, 3.8) is 0 Å². The average molecular weight is 323 g/mol. The summed E-state index contributed by atoms with van der Waals surface area (Å²) in [5.41, 5.74) is 6.79. The molecule has 0 radical (unpaired) electrons. The molecule has 0 atom stereocenters. The van der Waals surface area contributed by atoms with Gasteiger partial charge in [-0.05, 0) is 46.6 Å². The van der Waals surface area contributed by atoms with Gasteiger partial charge in [-0.1, -0.05) is 12.1 Å². The first-order valence-corrected chi connectivity index (χ1v) is 6.35. The zero-order valence-electron chi connectivity index (χ0n) is 10.2. The largest absolute Gasteiger partial charge is 0.456 e. The molecule has 0 aromatic heterocycles. The monoisotopic (exact) mass is 322 g/mol. The minimum atomic E-state index is -0.375. The van der Waals surface area contributed by atoms with Gasteiger partial charge in [0.05, 0.1) is 5.56 Å². The van der Waals surface area contributed by atoms with E-state index in [9.17, 15) is 4.39 Å². The number of amidine groups is 1. The maximum atomic E-state index is 13.2. The Morgan fingerprint density at radius 2 is 2.00 bits per heavy atom. The van der Waals surface area contributed by atoms with E-state index in [4.69, 9.17) is 15.9 Å². The molecule has 0 saturated heterocycles. The number of nitrogen functional groups attached to an aromatic ring is 1. The molecule has 0 saturated carbocycles. The highest BCUT2D eigenvalue weighted by atomic mass is 79.9. The molecule has 19 heavy (non-hydrogen) atoms. The number of aryl methyl sites for hydroxylation is 1. The third kappa shape index (κ3) is 2.93. The Morgan fingerprint density at radius 1 is 1.26 bits per heavy atom. The van der Waals surface area contributed by atoms with Gasteiger partial charge in [-0.3, -0.25) is 5.41 Å². The van der Waals surface area contributed by atoms with Gasteiger partial charge in [-0.25, -0.2) is 4.39 Å². The van der Waals surface area contributed by atoms with Crippen LogP contribution in [0.4, 0.5) is 4.39 Å². The minimum absolute atomic E-state index is 0.114. The Kier molecular flexibility index (Phi) is 3.85. The van der Waals surface area contributed by atoms with E-state index < -0.39 is 0 Å². The summed E-state index contributed by atoms with van der Waals surface area (Å²) in [6, 6.07) is 9.53. The van der Waals surface area contributed by atoms with Crippen LogP contribution in [0.2, 0.25) is 0 Å². The SMILES string of the molecule is Cc1ccc(F)cc1Oc1cccc(Br)c1C(=N)N. The molecule has 0 amide bonds. The van der Waals surface area contributed by atoms with Crippen molar-refractivity contribution in [2.75, 3.05) is 0 Å². The summed E-state index contributed by atoms with van der Waals surface area (Å²) in [6.45, 7) is 1.82. The van der Waals surface area contributed by atoms with E-state index in [-0.39, 0.29) is 11.7 Å². The first-order valence-electron chi connectivity index (χ1n) is 5.56. The molecule has 0 unspecified atom stereocenters. The summed E-state index contributed by atoms with van der Waals surface area (Å²) < 4.78 is 19.6. The molecule has 98 valence electrons. The molecule has 0 aliphatic heterocycles. The zero-order valence-corrected chi connectivity index (χ0v) is 11.8. The molecule has 2 aromatic carbocycles. The third-order valence-corrected chi connectivity index (χ3v) is 3.28. The topological polar surface area (TPSA) is 59.1 Å². The van der Waals surface area contributed by atoms with Crippen LogP contribution in [0, 0.1) is 18.2 Å². The van der Waals surface area contributed by atoms with Crippen LogP contribution in [-0.4, -0.2) is 5.84 Å². The van der Waals surface area contributed by atoms with Crippen LogP contribution in [0.3, 0.4) is 0 Å². The molecule has 3 N–H and O–H groups in total. The number of rotatable bonds is 3. The quantitative estimate of drug-likeness (QED) is 0.663. The molecule has 2 aromatic rings. The van der Waals surface area contributed by atoms with E-state index in [1.54, 1.807) is 24.3 Å². The number of nitrogens with one attached hydrogen (secondary N) is 1. The molecule has 0 spiro atoms. The zero-order chi connectivity index (χ0) is 14.0. The summed E-state index contributed by atoms with van der Waals surface area (Å²) in [6.07, 6.45) is 0. The van der Waals surface area contributed by atoms with Gasteiger partial charge < -0.3 is 10.5 Å². The maximum absolute atomic E-state index is 13.2. The second-order valence-corrected chi connectivity index (χ2v) is 4.89. The van der Waals surface area contributed by atoms with E-state index >= 15 is 0 Å². The summed E-state index contributed by atoms with van der Waals surface area (Å²) in [4.78, 5) is 0. The molecule has 0 heterocycles. The molecule has 0 fully saturated rings. The normalized spacial score (nSPS) is 10.3. The smallest absolute Gasteiger partial charge is 0.139 e. The van der Waals surface area contributed by atoms with Gasteiger partial charge >= 0.3 is 0 Å². The van der Waals surface area contributed by atoms with Gasteiger partial charge in [0.25, 0.3) is 0 Å². The van der Waals surface area contributed by atoms with Crippen molar-refractivity contribution in [3.05, 3.63) is 57.8 Å². The summed E-state index contributed by atoms with van der Waals surface area (Å²) in [5, 5.41) is 7.57. The van der Waals surface area contributed by atoms with Crippen molar-refractivity contribution < 1.29 is 9.13 Å². The van der Waals surface area contributed by atoms with Gasteiger partial charge in [0, 0.05) is 10.5 Å². The number of benzene rings is 2. The van der Waals surface area contributed by atoms with Crippen molar-refractivity contribution in [1.29, 1.82) is 5.41 Å². The van der Waals surface area contributed by atoms with Crippen molar-refractivity contribution in [2.45, 2.75) is 6.92 Å². The van der Waals surface area contributed by atoms with Crippen LogP contribution in [-0.2, 0) is 0 Å². The van der Waals surface area contributed by atoms with E-state index in [1.807, 2.05) is 6.92 Å². The molecule has 2 rings (SSSR count).